The van der Waals surface area contributed by atoms with Gasteiger partial charge in [0.1, 0.15) is 11.7 Å². The van der Waals surface area contributed by atoms with Gasteiger partial charge in [-0.3, -0.25) is 14.3 Å². The summed E-state index contributed by atoms with van der Waals surface area (Å²) in [5.74, 6) is 0. The Hall–Kier alpha value is -3.29. The number of fused-ring (bicyclic) bond motifs is 1. The fraction of sp³-hybridized carbons (Fsp3) is 0.320. The molecule has 7 heteroatoms. The highest BCUT2D eigenvalue weighted by Gasteiger charge is 2.33. The van der Waals surface area contributed by atoms with Gasteiger partial charge in [0, 0.05) is 19.6 Å². The molecule has 5 rings (SSSR count). The van der Waals surface area contributed by atoms with Crippen molar-refractivity contribution in [2.45, 2.75) is 38.5 Å². The molecule has 0 unspecified atom stereocenters. The molecule has 2 aromatic heterocycles. The van der Waals surface area contributed by atoms with Crippen molar-refractivity contribution in [1.29, 1.82) is 0 Å². The predicted octanol–water partition coefficient (Wildman–Crippen LogP) is 2.92. The molecule has 0 bridgehead atoms. The minimum absolute atomic E-state index is 0.173. The molecule has 1 aliphatic rings. The van der Waals surface area contributed by atoms with Gasteiger partial charge in [-0.15, -0.1) is 0 Å². The van der Waals surface area contributed by atoms with E-state index in [-0.39, 0.29) is 12.1 Å². The fourth-order valence-corrected chi connectivity index (χ4v) is 4.45. The lowest BCUT2D eigenvalue weighted by Gasteiger charge is -2.38. The lowest BCUT2D eigenvalue weighted by Crippen LogP contribution is -2.47. The van der Waals surface area contributed by atoms with Gasteiger partial charge < -0.3 is 5.11 Å². The van der Waals surface area contributed by atoms with Crippen molar-refractivity contribution in [2.24, 2.45) is 0 Å². The van der Waals surface area contributed by atoms with Crippen LogP contribution in [0.4, 0.5) is 0 Å². The van der Waals surface area contributed by atoms with Gasteiger partial charge in [0.15, 0.2) is 5.65 Å². The molecule has 164 valence electrons. The Bertz CT molecular complexity index is 1290. The number of rotatable bonds is 5. The molecule has 0 radical (unpaired) electrons. The highest BCUT2D eigenvalue weighted by molar-refractivity contribution is 5.74. The van der Waals surface area contributed by atoms with Crippen molar-refractivity contribution in [3.8, 4) is 5.69 Å². The van der Waals surface area contributed by atoms with Crippen LogP contribution >= 0.6 is 0 Å². The molecule has 0 atom stereocenters. The summed E-state index contributed by atoms with van der Waals surface area (Å²) < 4.78 is 3.19. The molecular weight excluding hydrogens is 402 g/mol. The summed E-state index contributed by atoms with van der Waals surface area (Å²) in [6.45, 7) is 4.84. The highest BCUT2D eigenvalue weighted by atomic mass is 16.3. The first kappa shape index (κ1) is 20.6. The number of aliphatic hydroxyl groups is 1. The Labute approximate surface area is 186 Å². The minimum Gasteiger partial charge on any atom is -0.388 e. The first-order chi connectivity index (χ1) is 15.5. The van der Waals surface area contributed by atoms with E-state index in [2.05, 4.69) is 46.2 Å². The summed E-state index contributed by atoms with van der Waals surface area (Å²) in [7, 11) is 0. The second-order valence-electron chi connectivity index (χ2n) is 8.73. The van der Waals surface area contributed by atoms with E-state index in [1.807, 2.05) is 30.3 Å². The van der Waals surface area contributed by atoms with Crippen molar-refractivity contribution >= 4 is 11.0 Å². The maximum Gasteiger partial charge on any atom is 0.264 e. The summed E-state index contributed by atoms with van der Waals surface area (Å²) in [5, 5.41) is 16.0. The van der Waals surface area contributed by atoms with Crippen molar-refractivity contribution in [1.82, 2.24) is 24.2 Å². The van der Waals surface area contributed by atoms with Crippen LogP contribution in [0.15, 0.2) is 71.9 Å². The molecule has 1 fully saturated rings. The highest BCUT2D eigenvalue weighted by Crippen LogP contribution is 2.25. The van der Waals surface area contributed by atoms with Crippen LogP contribution in [0.3, 0.4) is 0 Å². The number of aryl methyl sites for hydroxylation is 1. The van der Waals surface area contributed by atoms with Gasteiger partial charge >= 0.3 is 0 Å². The first-order valence-electron chi connectivity index (χ1n) is 11.0. The van der Waals surface area contributed by atoms with Gasteiger partial charge in [0.05, 0.1) is 24.0 Å². The smallest absolute Gasteiger partial charge is 0.264 e. The first-order valence-corrected chi connectivity index (χ1v) is 11.0. The molecule has 4 aromatic rings. The SMILES string of the molecule is Cc1ccccc1CN1CCC(O)(Cn2cnc3c(cnn3-c3ccccc3)c2=O)CC1. The number of likely N-dealkylation sites (tertiary alicyclic amines) is 1. The molecule has 1 saturated heterocycles. The number of para-hydroxylation sites is 1. The summed E-state index contributed by atoms with van der Waals surface area (Å²) in [5.41, 5.74) is 2.89. The summed E-state index contributed by atoms with van der Waals surface area (Å²) in [6, 6.07) is 18.0. The average Bonchev–Trinajstić information content (AvgIpc) is 3.24. The average molecular weight is 430 g/mol. The lowest BCUT2D eigenvalue weighted by molar-refractivity contribution is -0.0365. The molecule has 2 aromatic carbocycles. The zero-order valence-electron chi connectivity index (χ0n) is 18.2. The standard InChI is InChI=1S/C25H27N5O2/c1-19-7-5-6-8-20(19)16-28-13-11-25(32,12-14-28)17-29-18-26-23-22(24(29)31)15-27-30(23)21-9-3-2-4-10-21/h2-10,15,18,32H,11-14,16-17H2,1H3. The van der Waals surface area contributed by atoms with Crippen LogP contribution < -0.4 is 5.56 Å². The second-order valence-corrected chi connectivity index (χ2v) is 8.73. The van der Waals surface area contributed by atoms with Crippen LogP contribution in [0.25, 0.3) is 16.7 Å². The van der Waals surface area contributed by atoms with Crippen molar-refractivity contribution in [3.05, 3.63) is 88.6 Å². The third kappa shape index (κ3) is 3.97. The summed E-state index contributed by atoms with van der Waals surface area (Å²) in [6.07, 6.45) is 4.33. The van der Waals surface area contributed by atoms with Crippen LogP contribution in [0.1, 0.15) is 24.0 Å². The van der Waals surface area contributed by atoms with Gasteiger partial charge in [-0.05, 0) is 43.0 Å². The zero-order chi connectivity index (χ0) is 22.1. The van der Waals surface area contributed by atoms with Gasteiger partial charge in [-0.1, -0.05) is 42.5 Å². The van der Waals surface area contributed by atoms with E-state index in [9.17, 15) is 9.90 Å². The van der Waals surface area contributed by atoms with Crippen LogP contribution in [-0.4, -0.2) is 48.0 Å². The molecule has 32 heavy (non-hydrogen) atoms. The van der Waals surface area contributed by atoms with Crippen molar-refractivity contribution in [3.63, 3.8) is 0 Å². The topological polar surface area (TPSA) is 76.2 Å². The van der Waals surface area contributed by atoms with Gasteiger partial charge in [-0.2, -0.15) is 5.10 Å². The van der Waals surface area contributed by atoms with E-state index in [0.29, 0.717) is 23.9 Å². The van der Waals surface area contributed by atoms with Crippen LogP contribution in [0.5, 0.6) is 0 Å². The van der Waals surface area contributed by atoms with Crippen LogP contribution in [0.2, 0.25) is 0 Å². The molecule has 0 saturated carbocycles. The molecular formula is C25H27N5O2. The number of nitrogens with zero attached hydrogens (tertiary/aromatic N) is 5. The summed E-state index contributed by atoms with van der Waals surface area (Å²) in [4.78, 5) is 19.9. The maximum atomic E-state index is 13.1. The van der Waals surface area contributed by atoms with E-state index >= 15 is 0 Å². The Balaban J connectivity index is 1.31. The van der Waals surface area contributed by atoms with Gasteiger partial charge in [-0.25, -0.2) is 9.67 Å². The van der Waals surface area contributed by atoms with E-state index in [4.69, 9.17) is 0 Å². The minimum atomic E-state index is -0.920. The normalized spacial score (nSPS) is 16.4. The number of hydrogen-bond acceptors (Lipinski definition) is 5. The lowest BCUT2D eigenvalue weighted by atomic mass is 9.91. The fourth-order valence-electron chi connectivity index (χ4n) is 4.45. The molecule has 3 heterocycles. The van der Waals surface area contributed by atoms with Crippen LogP contribution in [0, 0.1) is 6.92 Å². The largest absolute Gasteiger partial charge is 0.388 e. The third-order valence-corrected chi connectivity index (χ3v) is 6.46. The Morgan fingerprint density at radius 1 is 1.03 bits per heavy atom. The van der Waals surface area contributed by atoms with Crippen molar-refractivity contribution < 1.29 is 5.11 Å². The maximum absolute atomic E-state index is 13.1. The number of hydrogen-bond donors (Lipinski definition) is 1. The monoisotopic (exact) mass is 429 g/mol. The number of benzene rings is 2. The predicted molar refractivity (Wildman–Crippen MR) is 124 cm³/mol. The number of piperidine rings is 1. The Morgan fingerprint density at radius 3 is 2.50 bits per heavy atom. The molecule has 0 spiro atoms. The molecule has 0 amide bonds. The third-order valence-electron chi connectivity index (χ3n) is 6.46. The molecule has 7 nitrogen and oxygen atoms in total. The van der Waals surface area contributed by atoms with E-state index in [1.54, 1.807) is 10.9 Å². The Kier molecular flexibility index (Phi) is 5.36. The number of aromatic nitrogens is 4. The van der Waals surface area contributed by atoms with E-state index < -0.39 is 5.60 Å². The quantitative estimate of drug-likeness (QED) is 0.528. The van der Waals surface area contributed by atoms with E-state index in [0.717, 1.165) is 25.3 Å². The van der Waals surface area contributed by atoms with Gasteiger partial charge in [0.2, 0.25) is 0 Å². The van der Waals surface area contributed by atoms with E-state index in [1.165, 1.54) is 22.0 Å². The van der Waals surface area contributed by atoms with Crippen molar-refractivity contribution in [2.75, 3.05) is 13.1 Å². The van der Waals surface area contributed by atoms with Crippen LogP contribution in [-0.2, 0) is 13.1 Å². The molecule has 1 aliphatic heterocycles. The Morgan fingerprint density at radius 2 is 1.75 bits per heavy atom. The molecule has 0 aliphatic carbocycles. The summed E-state index contributed by atoms with van der Waals surface area (Å²) >= 11 is 0. The zero-order valence-corrected chi connectivity index (χ0v) is 18.2. The van der Waals surface area contributed by atoms with Gasteiger partial charge in [0.25, 0.3) is 5.56 Å². The molecule has 1 N–H and O–H groups in total. The second kappa shape index (κ2) is 8.33.